The van der Waals surface area contributed by atoms with Crippen molar-refractivity contribution in [1.29, 1.82) is 0 Å². The molecule has 4 rings (SSSR count). The van der Waals surface area contributed by atoms with Crippen LogP contribution < -0.4 is 5.32 Å². The van der Waals surface area contributed by atoms with Gasteiger partial charge < -0.3 is 24.3 Å². The van der Waals surface area contributed by atoms with Gasteiger partial charge in [-0.15, -0.1) is 0 Å². The molecule has 2 aromatic rings. The van der Waals surface area contributed by atoms with Crippen molar-refractivity contribution in [1.82, 2.24) is 14.8 Å². The highest BCUT2D eigenvalue weighted by molar-refractivity contribution is 6.35. The van der Waals surface area contributed by atoms with E-state index in [1.165, 1.54) is 0 Å². The summed E-state index contributed by atoms with van der Waals surface area (Å²) in [5.41, 5.74) is 2.24. The van der Waals surface area contributed by atoms with E-state index in [1.807, 2.05) is 18.0 Å². The Bertz CT molecular complexity index is 843. The maximum absolute atomic E-state index is 13.0. The van der Waals surface area contributed by atoms with Crippen LogP contribution in [0.2, 0.25) is 5.02 Å². The van der Waals surface area contributed by atoms with Gasteiger partial charge in [0.1, 0.15) is 6.10 Å². The van der Waals surface area contributed by atoms with Crippen molar-refractivity contribution in [3.8, 4) is 0 Å². The lowest BCUT2D eigenvalue weighted by atomic mass is 10.1. The molecule has 0 spiro atoms. The molecule has 1 N–H and O–H groups in total. The van der Waals surface area contributed by atoms with Crippen LogP contribution in [0.1, 0.15) is 31.7 Å². The molecule has 0 radical (unpaired) electrons. The maximum atomic E-state index is 13.0. The fourth-order valence-electron chi connectivity index (χ4n) is 3.94. The van der Waals surface area contributed by atoms with Crippen LogP contribution in [-0.4, -0.2) is 60.4 Å². The fraction of sp³-hybridized carbons (Fsp3) is 0.591. The molecule has 0 bridgehead atoms. The molecule has 6 nitrogen and oxygen atoms in total. The Hall–Kier alpha value is -1.60. The zero-order valence-corrected chi connectivity index (χ0v) is 17.8. The molecule has 1 aromatic carbocycles. The molecule has 1 amide bonds. The minimum absolute atomic E-state index is 0.102. The van der Waals surface area contributed by atoms with Crippen LogP contribution >= 0.6 is 11.6 Å². The Morgan fingerprint density at radius 3 is 3.00 bits per heavy atom. The van der Waals surface area contributed by atoms with Crippen molar-refractivity contribution in [3.05, 3.63) is 35.0 Å². The van der Waals surface area contributed by atoms with Gasteiger partial charge in [-0.05, 0) is 37.8 Å². The van der Waals surface area contributed by atoms with Crippen molar-refractivity contribution in [3.63, 3.8) is 0 Å². The van der Waals surface area contributed by atoms with Gasteiger partial charge in [-0.25, -0.2) is 0 Å². The second kappa shape index (κ2) is 9.47. The van der Waals surface area contributed by atoms with Crippen molar-refractivity contribution in [2.24, 2.45) is 0 Å². The molecule has 1 aromatic heterocycles. The zero-order chi connectivity index (χ0) is 20.2. The Balaban J connectivity index is 1.50. The van der Waals surface area contributed by atoms with Gasteiger partial charge >= 0.3 is 0 Å². The summed E-state index contributed by atoms with van der Waals surface area (Å²) in [6.07, 6.45) is 4.72. The number of aromatic nitrogens is 1. The van der Waals surface area contributed by atoms with Crippen LogP contribution in [0, 0.1) is 0 Å². The first-order valence-electron chi connectivity index (χ1n) is 10.6. The number of rotatable bonds is 9. The number of benzene rings is 1. The van der Waals surface area contributed by atoms with E-state index >= 15 is 0 Å². The number of hydrogen-bond donors (Lipinski definition) is 1. The van der Waals surface area contributed by atoms with E-state index in [0.717, 1.165) is 67.1 Å². The van der Waals surface area contributed by atoms with E-state index in [2.05, 4.69) is 28.1 Å². The molecule has 2 fully saturated rings. The molecule has 1 aliphatic carbocycles. The van der Waals surface area contributed by atoms with Gasteiger partial charge in [-0.3, -0.25) is 4.79 Å². The summed E-state index contributed by atoms with van der Waals surface area (Å²) < 4.78 is 13.4. The summed E-state index contributed by atoms with van der Waals surface area (Å²) in [4.78, 5) is 15.0. The number of carbonyl (C=O) groups excluding carboxylic acids is 1. The van der Waals surface area contributed by atoms with E-state index in [-0.39, 0.29) is 12.0 Å². The van der Waals surface area contributed by atoms with Crippen LogP contribution in [0.25, 0.3) is 10.9 Å². The molecular formula is C22H30ClN3O3. The van der Waals surface area contributed by atoms with Gasteiger partial charge in [0.05, 0.1) is 11.6 Å². The highest BCUT2D eigenvalue weighted by Gasteiger charge is 2.36. The number of aryl methyl sites for hydroxylation is 1. The minimum atomic E-state index is -0.370. The van der Waals surface area contributed by atoms with E-state index in [0.29, 0.717) is 25.7 Å². The van der Waals surface area contributed by atoms with E-state index < -0.39 is 0 Å². The average molecular weight is 420 g/mol. The second-order valence-corrected chi connectivity index (χ2v) is 8.24. The molecule has 2 aliphatic rings. The van der Waals surface area contributed by atoms with Crippen molar-refractivity contribution in [2.45, 2.75) is 51.4 Å². The summed E-state index contributed by atoms with van der Waals surface area (Å²) in [6.45, 7) is 6.96. The first-order chi connectivity index (χ1) is 14.2. The lowest BCUT2D eigenvalue weighted by molar-refractivity contribution is -0.146. The number of carbonyl (C=O) groups is 1. The van der Waals surface area contributed by atoms with Crippen LogP contribution in [0.15, 0.2) is 24.4 Å². The number of nitrogens with one attached hydrogen (secondary N) is 1. The van der Waals surface area contributed by atoms with Gasteiger partial charge in [0, 0.05) is 62.5 Å². The number of halogens is 1. The summed E-state index contributed by atoms with van der Waals surface area (Å²) in [5.74, 6) is 0.102. The van der Waals surface area contributed by atoms with Crippen LogP contribution in [0.4, 0.5) is 0 Å². The quantitative estimate of drug-likeness (QED) is 0.634. The Kier molecular flexibility index (Phi) is 6.75. The van der Waals surface area contributed by atoms with Crippen molar-refractivity contribution >= 4 is 28.4 Å². The smallest absolute Gasteiger partial charge is 0.253 e. The highest BCUT2D eigenvalue weighted by atomic mass is 35.5. The lowest BCUT2D eigenvalue weighted by Gasteiger charge is -2.30. The summed E-state index contributed by atoms with van der Waals surface area (Å²) in [6, 6.07) is 6.66. The fourth-order valence-corrected chi connectivity index (χ4v) is 4.21. The second-order valence-electron chi connectivity index (χ2n) is 7.83. The Morgan fingerprint density at radius 2 is 2.28 bits per heavy atom. The number of amides is 1. The molecule has 158 valence electrons. The molecule has 2 heterocycles. The van der Waals surface area contributed by atoms with Gasteiger partial charge in [-0.2, -0.15) is 0 Å². The van der Waals surface area contributed by atoms with E-state index in [4.69, 9.17) is 21.1 Å². The average Bonchev–Trinajstić information content (AvgIpc) is 3.54. The number of morpholine rings is 1. The lowest BCUT2D eigenvalue weighted by Crippen LogP contribution is -2.49. The highest BCUT2D eigenvalue weighted by Crippen LogP contribution is 2.31. The first-order valence-corrected chi connectivity index (χ1v) is 11.0. The molecule has 1 saturated carbocycles. The predicted molar refractivity (Wildman–Crippen MR) is 114 cm³/mol. The standard InChI is InChI=1S/C22H30ClN3O3/c1-2-28-10-3-9-25-15-19(23)18-7-4-16(12-20(18)25)14-26(17-5-6-17)22(27)21-13-24-8-11-29-21/h4,7,12,15,17,21,24H,2-3,5-6,8-11,13-14H2,1H3. The molecule has 1 atom stereocenters. The predicted octanol–water partition coefficient (Wildman–Crippen LogP) is 3.20. The SMILES string of the molecule is CCOCCCn1cc(Cl)c2ccc(CN(C(=O)C3CNCCO3)C3CC3)cc21. The van der Waals surface area contributed by atoms with E-state index in [9.17, 15) is 4.79 Å². The summed E-state index contributed by atoms with van der Waals surface area (Å²) in [7, 11) is 0. The number of ether oxygens (including phenoxy) is 2. The van der Waals surface area contributed by atoms with Gasteiger partial charge in [-0.1, -0.05) is 23.7 Å². The molecule has 1 unspecified atom stereocenters. The van der Waals surface area contributed by atoms with Gasteiger partial charge in [0.25, 0.3) is 5.91 Å². The van der Waals surface area contributed by atoms with Crippen LogP contribution in [-0.2, 0) is 27.4 Å². The third kappa shape index (κ3) is 4.94. The molecule has 1 aliphatic heterocycles. The Labute approximate surface area is 177 Å². The summed E-state index contributed by atoms with van der Waals surface area (Å²) in [5, 5.41) is 5.07. The van der Waals surface area contributed by atoms with Crippen molar-refractivity contribution in [2.75, 3.05) is 32.9 Å². The third-order valence-electron chi connectivity index (χ3n) is 5.62. The zero-order valence-electron chi connectivity index (χ0n) is 17.0. The molecular weight excluding hydrogens is 390 g/mol. The molecule has 29 heavy (non-hydrogen) atoms. The van der Waals surface area contributed by atoms with Crippen LogP contribution in [0.3, 0.4) is 0 Å². The van der Waals surface area contributed by atoms with Crippen molar-refractivity contribution < 1.29 is 14.3 Å². The Morgan fingerprint density at radius 1 is 1.41 bits per heavy atom. The monoisotopic (exact) mass is 419 g/mol. The number of fused-ring (bicyclic) bond motifs is 1. The third-order valence-corrected chi connectivity index (χ3v) is 5.92. The number of nitrogens with zero attached hydrogens (tertiary/aromatic N) is 2. The minimum Gasteiger partial charge on any atom is -0.382 e. The molecule has 1 saturated heterocycles. The van der Waals surface area contributed by atoms with Gasteiger partial charge in [0.2, 0.25) is 0 Å². The molecule has 7 heteroatoms. The summed E-state index contributed by atoms with van der Waals surface area (Å²) >= 11 is 6.45. The van der Waals surface area contributed by atoms with Gasteiger partial charge in [0.15, 0.2) is 0 Å². The number of hydrogen-bond acceptors (Lipinski definition) is 4. The maximum Gasteiger partial charge on any atom is 0.253 e. The largest absolute Gasteiger partial charge is 0.382 e. The topological polar surface area (TPSA) is 55.7 Å². The first kappa shape index (κ1) is 20.7. The van der Waals surface area contributed by atoms with E-state index in [1.54, 1.807) is 0 Å². The normalized spacial score (nSPS) is 19.6. The van der Waals surface area contributed by atoms with Crippen LogP contribution in [0.5, 0.6) is 0 Å².